The van der Waals surface area contributed by atoms with Gasteiger partial charge >= 0.3 is 0 Å². The zero-order valence-electron chi connectivity index (χ0n) is 20.1. The van der Waals surface area contributed by atoms with E-state index in [0.29, 0.717) is 0 Å². The Morgan fingerprint density at radius 3 is 3.25 bits per heavy atom. The minimum absolute atomic E-state index is 0.402. The average molecular weight is 250 g/mol. The smallest absolute Gasteiger partial charge is 0.157 e. The molecule has 0 heterocycles. The van der Waals surface area contributed by atoms with Crippen molar-refractivity contribution in [3.05, 3.63) is 34.8 Å². The van der Waals surface area contributed by atoms with E-state index in [1.54, 1.807) is 0 Å². The van der Waals surface area contributed by atoms with Gasteiger partial charge < -0.3 is 5.31 Å². The van der Waals surface area contributed by atoms with Crippen LogP contribution in [-0.2, 0) is 10.3 Å². The normalized spacial score (nSPS) is 44.0. The van der Waals surface area contributed by atoms with Gasteiger partial charge in [0.05, 0.1) is 5.48 Å². The SMILES string of the molecule is [2H]c1c([2H])c([2H])c(C2(N([2H])C([2H])([2H])[2H])C(=O)C([2H])([2H])CCC2([2H])[2H])c(Cl)c1[2H]. The van der Waals surface area contributed by atoms with E-state index in [-0.39, 0.29) is 0 Å². The monoisotopic (exact) mass is 249 g/mol. The van der Waals surface area contributed by atoms with Gasteiger partial charge in [0.1, 0.15) is 6.95 Å². The van der Waals surface area contributed by atoms with Gasteiger partial charge in [-0.3, -0.25) is 4.79 Å². The first-order chi connectivity index (χ1) is 12.4. The number of Topliss-reactive ketones (excluding diaryl/α,β-unsaturated/α-hetero) is 1. The Morgan fingerprint density at radius 1 is 1.62 bits per heavy atom. The largest absolute Gasteiger partial charge is 0.304 e. The third kappa shape index (κ3) is 1.76. The molecule has 0 radical (unpaired) electrons. The molecule has 0 spiro atoms. The molecular weight excluding hydrogens is 222 g/mol. The van der Waals surface area contributed by atoms with Crippen LogP contribution in [0.2, 0.25) is 6.43 Å². The second-order valence-corrected chi connectivity index (χ2v) is 3.57. The van der Waals surface area contributed by atoms with Crippen LogP contribution in [-0.4, -0.2) is 12.8 Å². The zero-order chi connectivity index (χ0) is 22.0. The Bertz CT molecular complexity index is 809. The number of carbonyl (C=O) groups is 1. The van der Waals surface area contributed by atoms with Crippen LogP contribution >= 0.6 is 11.6 Å². The molecule has 1 unspecified atom stereocenters. The zero-order valence-corrected chi connectivity index (χ0v) is 8.90. The van der Waals surface area contributed by atoms with Crippen molar-refractivity contribution >= 4 is 17.4 Å². The minimum atomic E-state index is -3.43. The quantitative estimate of drug-likeness (QED) is 0.873. The summed E-state index contributed by atoms with van der Waals surface area (Å²) in [5, 5.41) is -1.25. The lowest BCUT2D eigenvalue weighted by Crippen LogP contribution is -2.49. The van der Waals surface area contributed by atoms with Crippen LogP contribution in [0.3, 0.4) is 0 Å². The molecule has 16 heavy (non-hydrogen) atoms. The molecule has 1 fully saturated rings. The topological polar surface area (TPSA) is 29.1 Å². The molecule has 0 amide bonds. The second-order valence-electron chi connectivity index (χ2n) is 3.19. The molecule has 1 aliphatic carbocycles. The number of ketones is 1. The first-order valence-corrected chi connectivity index (χ1v) is 4.93. The highest BCUT2D eigenvalue weighted by Gasteiger charge is 2.40. The van der Waals surface area contributed by atoms with Crippen molar-refractivity contribution in [2.24, 2.45) is 0 Å². The van der Waals surface area contributed by atoms with E-state index in [1.807, 2.05) is 0 Å². The number of hydrogen-bond acceptors (Lipinski definition) is 2. The van der Waals surface area contributed by atoms with Crippen LogP contribution in [0.1, 0.15) is 46.2 Å². The lowest BCUT2D eigenvalue weighted by Gasteiger charge is -2.36. The predicted molar refractivity (Wildman–Crippen MR) is 65.7 cm³/mol. The van der Waals surface area contributed by atoms with Crippen molar-refractivity contribution in [1.82, 2.24) is 5.31 Å². The molecule has 1 aromatic carbocycles. The highest BCUT2D eigenvalue weighted by molar-refractivity contribution is 6.31. The highest BCUT2D eigenvalue weighted by atomic mass is 35.5. The Morgan fingerprint density at radius 2 is 2.44 bits per heavy atom. The molecule has 1 aliphatic rings. The third-order valence-electron chi connectivity index (χ3n) is 2.29. The maximum Gasteiger partial charge on any atom is 0.157 e. The molecule has 1 N–H and O–H groups in total. The summed E-state index contributed by atoms with van der Waals surface area (Å²) < 4.78 is 94.6. The van der Waals surface area contributed by atoms with Gasteiger partial charge in [0.15, 0.2) is 5.78 Å². The number of halogens is 1. The van der Waals surface area contributed by atoms with Crippen LogP contribution in [0.25, 0.3) is 0 Å². The van der Waals surface area contributed by atoms with Gasteiger partial charge in [0.25, 0.3) is 0 Å². The summed E-state index contributed by atoms with van der Waals surface area (Å²) in [5.74, 6) is -1.64. The average Bonchev–Trinajstić information content (AvgIpc) is 2.57. The van der Waals surface area contributed by atoms with Gasteiger partial charge in [-0.15, -0.1) is 0 Å². The van der Waals surface area contributed by atoms with E-state index in [4.69, 9.17) is 28.1 Å². The molecule has 1 aromatic rings. The molecule has 3 heteroatoms. The fourth-order valence-corrected chi connectivity index (χ4v) is 1.75. The van der Waals surface area contributed by atoms with Crippen LogP contribution in [0, 0.1) is 0 Å². The molecule has 0 aliphatic heterocycles. The number of likely N-dealkylation sites (N-methyl/N-ethyl adjacent to an activating group) is 1. The highest BCUT2D eigenvalue weighted by Crippen LogP contribution is 2.37. The van der Waals surface area contributed by atoms with Crippen molar-refractivity contribution in [3.8, 4) is 0 Å². The van der Waals surface area contributed by atoms with Gasteiger partial charge in [-0.25, -0.2) is 0 Å². The molecule has 2 nitrogen and oxygen atoms in total. The summed E-state index contributed by atoms with van der Waals surface area (Å²) in [5.41, 5.74) is -4.20. The fourth-order valence-electron chi connectivity index (χ4n) is 1.52. The van der Waals surface area contributed by atoms with Gasteiger partial charge in [-0.2, -0.15) is 0 Å². The van der Waals surface area contributed by atoms with Crippen LogP contribution in [0.15, 0.2) is 24.2 Å². The predicted octanol–water partition coefficient (Wildman–Crippen LogP) is 2.90. The summed E-state index contributed by atoms with van der Waals surface area (Å²) >= 11 is 6.03. The van der Waals surface area contributed by atoms with Crippen molar-refractivity contribution in [2.45, 2.75) is 31.1 Å². The molecule has 0 aromatic heterocycles. The maximum atomic E-state index is 13.1. The van der Waals surface area contributed by atoms with E-state index >= 15 is 0 Å². The van der Waals surface area contributed by atoms with Gasteiger partial charge in [0.2, 0.25) is 0 Å². The lowest BCUT2D eigenvalue weighted by molar-refractivity contribution is -0.127. The third-order valence-corrected chi connectivity index (χ3v) is 2.57. The van der Waals surface area contributed by atoms with Crippen LogP contribution < -0.4 is 5.31 Å². The number of benzene rings is 1. The van der Waals surface area contributed by atoms with Gasteiger partial charge in [-0.1, -0.05) is 36.1 Å². The standard InChI is InChI=1S/C13H16ClNO/c1-15-13(9-5-4-8-12(13)16)10-6-2-3-7-11(10)14/h2-3,6-7,15H,4-5,8-9H2,1H3/i1D3,2D,3D,6D,7D,8D2,9D2/hD. The molecule has 1 saturated carbocycles. The number of rotatable bonds is 2. The second kappa shape index (κ2) is 4.56. The number of carbonyl (C=O) groups excluding carboxylic acids is 1. The summed E-state index contributed by atoms with van der Waals surface area (Å²) in [4.78, 5) is 13.1. The van der Waals surface area contributed by atoms with E-state index in [0.717, 1.165) is 0 Å². The molecule has 1 atom stereocenters. The molecule has 0 saturated heterocycles. The van der Waals surface area contributed by atoms with Crippen LogP contribution in [0.4, 0.5) is 0 Å². The molecule has 0 bridgehead atoms. The Labute approximate surface area is 118 Å². The first kappa shape index (κ1) is 3.82. The van der Waals surface area contributed by atoms with Crippen LogP contribution in [0.5, 0.6) is 0 Å². The van der Waals surface area contributed by atoms with Crippen molar-refractivity contribution in [2.75, 3.05) is 6.98 Å². The van der Waals surface area contributed by atoms with Gasteiger partial charge in [0, 0.05) is 21.0 Å². The fraction of sp³-hybridized carbons (Fsp3) is 0.462. The van der Waals surface area contributed by atoms with Crippen molar-refractivity contribution < 1.29 is 21.3 Å². The van der Waals surface area contributed by atoms with Crippen molar-refractivity contribution in [3.63, 3.8) is 0 Å². The summed E-state index contributed by atoms with van der Waals surface area (Å²) in [6, 6.07) is -3.59. The van der Waals surface area contributed by atoms with Crippen molar-refractivity contribution in [1.29, 1.82) is 0 Å². The Hall–Kier alpha value is -0.860. The Kier molecular flexibility index (Phi) is 1.09. The summed E-state index contributed by atoms with van der Waals surface area (Å²) in [6.45, 7) is -3.43. The molecule has 2 rings (SSSR count). The first-order valence-electron chi connectivity index (χ1n) is 10.5. The molecule has 86 valence electrons. The van der Waals surface area contributed by atoms with E-state index in [2.05, 4.69) is 0 Å². The molecular formula is C13H16ClNO. The number of nitrogens with one attached hydrogen (secondary N) is 1. The minimum Gasteiger partial charge on any atom is -0.304 e. The number of hydrogen-bond donors (Lipinski definition) is 1. The van der Waals surface area contributed by atoms with Gasteiger partial charge in [-0.05, 0) is 31.4 Å². The maximum absolute atomic E-state index is 13.1. The lowest BCUT2D eigenvalue weighted by atomic mass is 9.75. The summed E-state index contributed by atoms with van der Waals surface area (Å²) in [7, 11) is 0. The van der Waals surface area contributed by atoms with E-state index in [1.165, 1.54) is 0 Å². The Balaban J connectivity index is 3.12. The van der Waals surface area contributed by atoms with E-state index in [9.17, 15) is 4.79 Å². The van der Waals surface area contributed by atoms with E-state index < -0.39 is 84.0 Å². The summed E-state index contributed by atoms with van der Waals surface area (Å²) in [6.07, 6.45) is -6.92.